The molecule has 0 radical (unpaired) electrons. The van der Waals surface area contributed by atoms with Crippen LogP contribution in [0.3, 0.4) is 0 Å². The van der Waals surface area contributed by atoms with Gasteiger partial charge in [-0.2, -0.15) is 11.8 Å². The van der Waals surface area contributed by atoms with Crippen molar-refractivity contribution in [1.82, 2.24) is 14.9 Å². The minimum Gasteiger partial charge on any atom is -0.340 e. The Hall–Kier alpha value is -1.82. The number of likely N-dealkylation sites (tertiary alicyclic amines) is 1. The van der Waals surface area contributed by atoms with Crippen molar-refractivity contribution in [3.8, 4) is 11.3 Å². The summed E-state index contributed by atoms with van der Waals surface area (Å²) in [5.74, 6) is 1.25. The summed E-state index contributed by atoms with van der Waals surface area (Å²) in [6.07, 6.45) is 8.96. The van der Waals surface area contributed by atoms with Crippen LogP contribution >= 0.6 is 11.8 Å². The molecule has 2 heterocycles. The van der Waals surface area contributed by atoms with E-state index in [9.17, 15) is 9.18 Å². The average Bonchev–Trinajstić information content (AvgIpc) is 3.44. The lowest BCUT2D eigenvalue weighted by Crippen LogP contribution is -2.42. The highest BCUT2D eigenvalue weighted by molar-refractivity contribution is 7.99. The molecule has 2 atom stereocenters. The Bertz CT molecular complexity index is 833. The number of thioether (sulfide) groups is 1. The largest absolute Gasteiger partial charge is 0.340 e. The van der Waals surface area contributed by atoms with Gasteiger partial charge < -0.3 is 9.88 Å². The van der Waals surface area contributed by atoms with Crippen LogP contribution in [0.15, 0.2) is 24.4 Å². The quantitative estimate of drug-likeness (QED) is 0.794. The Morgan fingerprint density at radius 3 is 2.85 bits per heavy atom. The third-order valence-corrected chi connectivity index (χ3v) is 6.64. The summed E-state index contributed by atoms with van der Waals surface area (Å²) >= 11 is 1.57. The molecule has 1 amide bonds. The third kappa shape index (κ3) is 3.77. The number of halogens is 1. The van der Waals surface area contributed by atoms with Gasteiger partial charge in [0.25, 0.3) is 0 Å². The van der Waals surface area contributed by atoms with Crippen molar-refractivity contribution in [2.45, 2.75) is 56.2 Å². The van der Waals surface area contributed by atoms with Gasteiger partial charge in [0.05, 0.1) is 23.2 Å². The number of H-pyrrole nitrogens is 1. The molecule has 144 valence electrons. The van der Waals surface area contributed by atoms with Crippen molar-refractivity contribution in [2.75, 3.05) is 12.8 Å². The van der Waals surface area contributed by atoms with E-state index in [0.29, 0.717) is 17.2 Å². The van der Waals surface area contributed by atoms with Gasteiger partial charge in [-0.1, -0.05) is 6.07 Å². The molecule has 2 aliphatic rings. The third-order valence-electron chi connectivity index (χ3n) is 5.73. The molecule has 0 bridgehead atoms. The predicted octanol–water partition coefficient (Wildman–Crippen LogP) is 4.90. The number of amides is 1. The molecule has 2 fully saturated rings. The number of hydrogen-bond donors (Lipinski definition) is 1. The first-order valence-electron chi connectivity index (χ1n) is 9.76. The number of nitrogens with one attached hydrogen (secondary N) is 1. The number of hydrogen-bond acceptors (Lipinski definition) is 3. The van der Waals surface area contributed by atoms with Crippen LogP contribution in [0.5, 0.6) is 0 Å². The van der Waals surface area contributed by atoms with Gasteiger partial charge in [0.1, 0.15) is 11.6 Å². The highest BCUT2D eigenvalue weighted by Crippen LogP contribution is 2.41. The van der Waals surface area contributed by atoms with Crippen LogP contribution < -0.4 is 0 Å². The van der Waals surface area contributed by atoms with Crippen molar-refractivity contribution in [3.05, 3.63) is 41.6 Å². The molecule has 4 rings (SSSR count). The van der Waals surface area contributed by atoms with E-state index in [2.05, 4.69) is 9.97 Å². The molecule has 1 aliphatic heterocycles. The van der Waals surface area contributed by atoms with E-state index in [1.54, 1.807) is 24.0 Å². The fourth-order valence-corrected chi connectivity index (χ4v) is 4.21. The second-order valence-electron chi connectivity index (χ2n) is 7.62. The Kier molecular flexibility index (Phi) is 5.26. The number of nitrogens with zero attached hydrogens (tertiary/aromatic N) is 2. The smallest absolute Gasteiger partial charge is 0.236 e. The van der Waals surface area contributed by atoms with Crippen LogP contribution in [0.1, 0.15) is 62.4 Å². The lowest BCUT2D eigenvalue weighted by Gasteiger charge is -2.36. The molecule has 1 N–H and O–H groups in total. The molecule has 0 spiro atoms. The topological polar surface area (TPSA) is 49.0 Å². The monoisotopic (exact) mass is 387 g/mol. The maximum absolute atomic E-state index is 14.6. The van der Waals surface area contributed by atoms with E-state index in [0.717, 1.165) is 50.0 Å². The Morgan fingerprint density at radius 2 is 2.15 bits per heavy atom. The first-order valence-corrected chi connectivity index (χ1v) is 11.0. The molecule has 1 saturated carbocycles. The number of benzene rings is 1. The SMILES string of the molecule is CSC(C)C(=O)N1CCCCC1c1ncc(-c2ccc(C3CC3)cc2F)[nH]1. The van der Waals surface area contributed by atoms with Crippen LogP contribution in [-0.2, 0) is 4.79 Å². The van der Waals surface area contributed by atoms with Crippen LogP contribution in [0, 0.1) is 5.82 Å². The maximum Gasteiger partial charge on any atom is 0.236 e. The lowest BCUT2D eigenvalue weighted by atomic mass is 10.0. The number of piperidine rings is 1. The normalized spacial score (nSPS) is 21.3. The Morgan fingerprint density at radius 1 is 1.33 bits per heavy atom. The van der Waals surface area contributed by atoms with E-state index in [4.69, 9.17) is 0 Å². The van der Waals surface area contributed by atoms with Crippen molar-refractivity contribution in [1.29, 1.82) is 0 Å². The lowest BCUT2D eigenvalue weighted by molar-refractivity contribution is -0.134. The fourth-order valence-electron chi connectivity index (χ4n) is 3.88. The Balaban J connectivity index is 1.58. The molecule has 1 saturated heterocycles. The number of carbonyl (C=O) groups excluding carboxylic acids is 1. The van der Waals surface area contributed by atoms with Gasteiger partial charge in [-0.3, -0.25) is 4.79 Å². The molecule has 1 aromatic heterocycles. The number of rotatable bonds is 5. The summed E-state index contributed by atoms with van der Waals surface area (Å²) in [4.78, 5) is 22.5. The van der Waals surface area contributed by atoms with Gasteiger partial charge in [0.2, 0.25) is 5.91 Å². The maximum atomic E-state index is 14.6. The molecule has 1 aliphatic carbocycles. The summed E-state index contributed by atoms with van der Waals surface area (Å²) < 4.78 is 14.6. The zero-order chi connectivity index (χ0) is 19.0. The zero-order valence-electron chi connectivity index (χ0n) is 15.9. The van der Waals surface area contributed by atoms with E-state index in [1.807, 2.05) is 30.2 Å². The molecular formula is C21H26FN3OS. The summed E-state index contributed by atoms with van der Waals surface area (Å²) in [6.45, 7) is 2.71. The van der Waals surface area contributed by atoms with E-state index in [-0.39, 0.29) is 23.0 Å². The molecule has 2 aromatic rings. The van der Waals surface area contributed by atoms with E-state index >= 15 is 0 Å². The number of aromatic amines is 1. The number of imidazole rings is 1. The predicted molar refractivity (Wildman–Crippen MR) is 107 cm³/mol. The molecule has 1 aromatic carbocycles. The van der Waals surface area contributed by atoms with Crippen molar-refractivity contribution >= 4 is 17.7 Å². The van der Waals surface area contributed by atoms with Crippen molar-refractivity contribution < 1.29 is 9.18 Å². The fraction of sp³-hybridized carbons (Fsp3) is 0.524. The van der Waals surface area contributed by atoms with Crippen LogP contribution in [-0.4, -0.2) is 38.8 Å². The van der Waals surface area contributed by atoms with Gasteiger partial charge >= 0.3 is 0 Å². The highest BCUT2D eigenvalue weighted by atomic mass is 32.2. The van der Waals surface area contributed by atoms with Gasteiger partial charge in [-0.05, 0) is 68.9 Å². The van der Waals surface area contributed by atoms with Crippen LogP contribution in [0.25, 0.3) is 11.3 Å². The zero-order valence-corrected chi connectivity index (χ0v) is 16.7. The van der Waals surface area contributed by atoms with Gasteiger partial charge in [0, 0.05) is 12.1 Å². The minimum absolute atomic E-state index is 0.0524. The average molecular weight is 388 g/mol. The molecule has 4 nitrogen and oxygen atoms in total. The molecule has 2 unspecified atom stereocenters. The van der Waals surface area contributed by atoms with Gasteiger partial charge in [0.15, 0.2) is 0 Å². The summed E-state index contributed by atoms with van der Waals surface area (Å²) in [7, 11) is 0. The standard InChI is InChI=1S/C21H26FN3OS/c1-13(27-2)21(26)25-10-4-3-5-19(25)20-23-12-18(24-20)16-9-8-15(11-17(16)22)14-6-7-14/h8-9,11-14,19H,3-7,10H2,1-2H3,(H,23,24). The summed E-state index contributed by atoms with van der Waals surface area (Å²) in [6, 6.07) is 5.47. The van der Waals surface area contributed by atoms with Crippen molar-refractivity contribution in [2.24, 2.45) is 0 Å². The van der Waals surface area contributed by atoms with E-state index < -0.39 is 0 Å². The molecule has 27 heavy (non-hydrogen) atoms. The summed E-state index contributed by atoms with van der Waals surface area (Å²) in [5, 5.41) is -0.0626. The first-order chi connectivity index (χ1) is 13.1. The van der Waals surface area contributed by atoms with Gasteiger partial charge in [-0.15, -0.1) is 0 Å². The van der Waals surface area contributed by atoms with Crippen LogP contribution in [0.2, 0.25) is 0 Å². The van der Waals surface area contributed by atoms with Crippen LogP contribution in [0.4, 0.5) is 4.39 Å². The van der Waals surface area contributed by atoms with Crippen molar-refractivity contribution in [3.63, 3.8) is 0 Å². The molecule has 6 heteroatoms. The first kappa shape index (κ1) is 18.5. The second kappa shape index (κ2) is 7.66. The van der Waals surface area contributed by atoms with Gasteiger partial charge in [-0.25, -0.2) is 9.37 Å². The van der Waals surface area contributed by atoms with E-state index in [1.165, 1.54) is 0 Å². The second-order valence-corrected chi connectivity index (χ2v) is 8.80. The minimum atomic E-state index is -0.206. The molecular weight excluding hydrogens is 361 g/mol. The number of carbonyl (C=O) groups is 1. The number of aromatic nitrogens is 2. The Labute approximate surface area is 163 Å². The summed E-state index contributed by atoms with van der Waals surface area (Å²) in [5.41, 5.74) is 2.32. The highest BCUT2D eigenvalue weighted by Gasteiger charge is 2.32.